The van der Waals surface area contributed by atoms with Gasteiger partial charge >= 0.3 is 0 Å². The molecule has 1 aromatic heterocycles. The summed E-state index contributed by atoms with van der Waals surface area (Å²) >= 11 is 0. The van der Waals surface area contributed by atoms with Crippen molar-refractivity contribution < 1.29 is 27.8 Å². The molecular formula is C50H54N4O6S. The Morgan fingerprint density at radius 2 is 1.49 bits per heavy atom. The first-order valence-electron chi connectivity index (χ1n) is 20.7. The third-order valence-corrected chi connectivity index (χ3v) is 12.8. The summed E-state index contributed by atoms with van der Waals surface area (Å²) in [5.41, 5.74) is 8.33. The fourth-order valence-corrected chi connectivity index (χ4v) is 8.87. The number of ether oxygens (including phenoxy) is 2. The average Bonchev–Trinajstić information content (AvgIpc) is 3.29. The third-order valence-electron chi connectivity index (χ3n) is 11.3. The van der Waals surface area contributed by atoms with E-state index in [0.29, 0.717) is 6.54 Å². The predicted octanol–water partition coefficient (Wildman–Crippen LogP) is 7.72. The zero-order valence-corrected chi connectivity index (χ0v) is 35.7. The summed E-state index contributed by atoms with van der Waals surface area (Å²) in [5.74, 6) is -0.386. The molecule has 316 valence electrons. The van der Waals surface area contributed by atoms with Crippen molar-refractivity contribution in [1.82, 2.24) is 19.9 Å². The van der Waals surface area contributed by atoms with Crippen molar-refractivity contribution in [2.24, 2.45) is 5.92 Å². The molecule has 6 aromatic rings. The molecule has 1 aliphatic rings. The minimum Gasteiger partial charge on any atom is -0.392 e. The van der Waals surface area contributed by atoms with Crippen LogP contribution in [0.3, 0.4) is 0 Å². The Morgan fingerprint density at radius 1 is 0.803 bits per heavy atom. The van der Waals surface area contributed by atoms with Crippen molar-refractivity contribution in [2.75, 3.05) is 20.1 Å². The maximum absolute atomic E-state index is 13.8. The maximum Gasteiger partial charge on any atom is 0.241 e. The number of aliphatic hydroxyl groups excluding tert-OH is 1. The Labute approximate surface area is 359 Å². The number of pyridine rings is 1. The molecule has 11 heteroatoms. The van der Waals surface area contributed by atoms with E-state index >= 15 is 0 Å². The predicted molar refractivity (Wildman–Crippen MR) is 238 cm³/mol. The maximum atomic E-state index is 13.8. The second kappa shape index (κ2) is 20.4. The van der Waals surface area contributed by atoms with Gasteiger partial charge in [-0.15, -0.1) is 0 Å². The Kier molecular flexibility index (Phi) is 14.5. The lowest BCUT2D eigenvalue weighted by Gasteiger charge is -2.42. The lowest BCUT2D eigenvalue weighted by atomic mass is 9.90. The first-order chi connectivity index (χ1) is 29.6. The first-order valence-corrected chi connectivity index (χ1v) is 22.2. The Morgan fingerprint density at radius 3 is 2.20 bits per heavy atom. The standard InChI is InChI=1S/C50H54N4O6S/c1-35-16-26-44(27-17-35)61(57,58)53-46(31-37-11-5-4-6-12-37)49(56)52-32-42-13-7-8-15-45(42)39-22-24-41(25-23-39)50-59-47(33-54(3)30-28-43-14-9-10-29-51-43)36(2)48(60-50)40-20-18-38(34-55)19-21-40/h4-27,29,36,46-48,50,53,55H,28,30-34H2,1-3H3,(H,52,56)/t36-,46+,47+,48+,50+/m0/s1. The van der Waals surface area contributed by atoms with Gasteiger partial charge in [0, 0.05) is 49.4 Å². The molecule has 7 rings (SSSR count). The van der Waals surface area contributed by atoms with E-state index in [4.69, 9.17) is 9.47 Å². The second-order valence-corrected chi connectivity index (χ2v) is 17.5. The van der Waals surface area contributed by atoms with Crippen molar-refractivity contribution in [3.8, 4) is 11.1 Å². The van der Waals surface area contributed by atoms with Gasteiger partial charge in [-0.3, -0.25) is 9.78 Å². The third kappa shape index (κ3) is 11.4. The molecule has 5 atom stereocenters. The lowest BCUT2D eigenvalue weighted by Crippen LogP contribution is -2.47. The van der Waals surface area contributed by atoms with Gasteiger partial charge in [0.15, 0.2) is 6.29 Å². The summed E-state index contributed by atoms with van der Waals surface area (Å²) in [4.78, 5) is 20.7. The van der Waals surface area contributed by atoms with Crippen molar-refractivity contribution in [2.45, 2.75) is 69.3 Å². The summed E-state index contributed by atoms with van der Waals surface area (Å²) in [5, 5.41) is 12.7. The topological polar surface area (TPSA) is 130 Å². The fourth-order valence-electron chi connectivity index (χ4n) is 7.67. The zero-order valence-electron chi connectivity index (χ0n) is 34.9. The number of sulfonamides is 1. The van der Waals surface area contributed by atoms with Crippen LogP contribution in [-0.4, -0.2) is 61.6 Å². The van der Waals surface area contributed by atoms with Crippen LogP contribution in [0.4, 0.5) is 0 Å². The smallest absolute Gasteiger partial charge is 0.241 e. The number of carbonyl (C=O) groups is 1. The molecule has 2 heterocycles. The quantitative estimate of drug-likeness (QED) is 0.0852. The average molecular weight is 839 g/mol. The van der Waals surface area contributed by atoms with E-state index < -0.39 is 28.3 Å². The van der Waals surface area contributed by atoms with Gasteiger partial charge in [0.1, 0.15) is 6.04 Å². The number of aryl methyl sites for hydroxylation is 1. The number of rotatable bonds is 17. The highest BCUT2D eigenvalue weighted by atomic mass is 32.2. The number of nitrogens with zero attached hydrogens (tertiary/aromatic N) is 2. The SMILES string of the molecule is Cc1ccc(S(=O)(=O)N[C@H](Cc2ccccc2)C(=O)NCc2ccccc2-c2ccc([C@@H]3O[C@H](CN(C)CCc4ccccn4)[C@H](C)[C@H](c4ccc(CO)cc4)O3)cc2)cc1. The Hall–Kier alpha value is -5.53. The fraction of sp³-hybridized carbons (Fsp3) is 0.280. The van der Waals surface area contributed by atoms with Crippen molar-refractivity contribution >= 4 is 15.9 Å². The zero-order chi connectivity index (χ0) is 42.8. The molecule has 0 spiro atoms. The number of hydrogen-bond acceptors (Lipinski definition) is 8. The summed E-state index contributed by atoms with van der Waals surface area (Å²) in [6, 6.07) is 44.8. The van der Waals surface area contributed by atoms with Gasteiger partial charge in [0.25, 0.3) is 0 Å². The number of carbonyl (C=O) groups excluding carboxylic acids is 1. The molecule has 1 amide bonds. The van der Waals surface area contributed by atoms with E-state index in [2.05, 4.69) is 33.9 Å². The monoisotopic (exact) mass is 838 g/mol. The number of likely N-dealkylation sites (N-methyl/N-ethyl adjacent to an activating group) is 1. The van der Waals surface area contributed by atoms with Gasteiger partial charge in [0.2, 0.25) is 15.9 Å². The molecule has 1 saturated heterocycles. The molecule has 0 radical (unpaired) electrons. The van der Waals surface area contributed by atoms with Gasteiger partial charge in [-0.1, -0.05) is 134 Å². The lowest BCUT2D eigenvalue weighted by molar-refractivity contribution is -0.275. The van der Waals surface area contributed by atoms with Crippen LogP contribution in [0.25, 0.3) is 11.1 Å². The van der Waals surface area contributed by atoms with Gasteiger partial charge in [0.05, 0.1) is 23.7 Å². The number of hydrogen-bond donors (Lipinski definition) is 3. The highest BCUT2D eigenvalue weighted by Gasteiger charge is 2.39. The van der Waals surface area contributed by atoms with Crippen LogP contribution in [0.1, 0.15) is 58.4 Å². The van der Waals surface area contributed by atoms with Crippen LogP contribution in [0.15, 0.2) is 157 Å². The number of aliphatic hydroxyl groups is 1. The largest absolute Gasteiger partial charge is 0.392 e. The molecule has 0 unspecified atom stereocenters. The summed E-state index contributed by atoms with van der Waals surface area (Å²) in [6.45, 7) is 5.75. The van der Waals surface area contributed by atoms with E-state index in [1.807, 2.05) is 134 Å². The molecular weight excluding hydrogens is 785 g/mol. The van der Waals surface area contributed by atoms with Crippen LogP contribution in [-0.2, 0) is 50.3 Å². The van der Waals surface area contributed by atoms with E-state index in [1.165, 1.54) is 0 Å². The van der Waals surface area contributed by atoms with E-state index in [1.54, 1.807) is 24.3 Å². The van der Waals surface area contributed by atoms with Crippen molar-refractivity contribution in [1.29, 1.82) is 0 Å². The Bertz CT molecular complexity index is 2430. The van der Waals surface area contributed by atoms with Crippen LogP contribution in [0.5, 0.6) is 0 Å². The molecule has 1 fully saturated rings. The van der Waals surface area contributed by atoms with Crippen molar-refractivity contribution in [3.63, 3.8) is 0 Å². The molecule has 61 heavy (non-hydrogen) atoms. The number of nitrogens with one attached hydrogen (secondary N) is 2. The van der Waals surface area contributed by atoms with E-state index in [0.717, 1.165) is 63.2 Å². The molecule has 0 bridgehead atoms. The first kappa shape index (κ1) is 43.6. The van der Waals surface area contributed by atoms with Gasteiger partial charge in [-0.05, 0) is 78.0 Å². The molecule has 3 N–H and O–H groups in total. The van der Waals surface area contributed by atoms with Crippen molar-refractivity contribution in [3.05, 3.63) is 191 Å². The van der Waals surface area contributed by atoms with Gasteiger partial charge in [-0.25, -0.2) is 8.42 Å². The number of amides is 1. The second-order valence-electron chi connectivity index (χ2n) is 15.8. The van der Waals surface area contributed by atoms with E-state index in [9.17, 15) is 18.3 Å². The molecule has 1 aliphatic heterocycles. The minimum absolute atomic E-state index is 0.0243. The summed E-state index contributed by atoms with van der Waals surface area (Å²) in [7, 11) is -1.87. The Balaban J connectivity index is 1.07. The van der Waals surface area contributed by atoms with Crippen LogP contribution < -0.4 is 10.0 Å². The minimum atomic E-state index is -3.98. The molecule has 0 saturated carbocycles. The summed E-state index contributed by atoms with van der Waals surface area (Å²) in [6.07, 6.45) is 1.84. The van der Waals surface area contributed by atoms with E-state index in [-0.39, 0.29) is 42.6 Å². The summed E-state index contributed by atoms with van der Waals surface area (Å²) < 4.78 is 43.1. The highest BCUT2D eigenvalue weighted by molar-refractivity contribution is 7.89. The molecule has 10 nitrogen and oxygen atoms in total. The van der Waals surface area contributed by atoms with Gasteiger partial charge < -0.3 is 24.8 Å². The van der Waals surface area contributed by atoms with Crippen LogP contribution in [0, 0.1) is 12.8 Å². The normalized spacial score (nSPS) is 18.4. The van der Waals surface area contributed by atoms with Crippen LogP contribution in [0.2, 0.25) is 0 Å². The van der Waals surface area contributed by atoms with Crippen LogP contribution >= 0.6 is 0 Å². The highest BCUT2D eigenvalue weighted by Crippen LogP contribution is 2.42. The number of aromatic nitrogens is 1. The molecule has 0 aliphatic carbocycles. The molecule has 5 aromatic carbocycles. The number of benzene rings is 5. The van der Waals surface area contributed by atoms with Gasteiger partial charge in [-0.2, -0.15) is 4.72 Å².